The first-order valence-electron chi connectivity index (χ1n) is 8.17. The SMILES string of the molecule is O=C(CSCc1ccc(F)cc1)Nc1cccc(S(=O)(=O)NC2CC2)c1. The molecule has 1 aliphatic carbocycles. The van der Waals surface area contributed by atoms with Crippen LogP contribution >= 0.6 is 11.8 Å². The standard InChI is InChI=1S/C18H19FN2O3S2/c19-14-6-4-13(5-7-14)11-25-12-18(22)20-16-2-1-3-17(10-16)26(23,24)21-15-8-9-15/h1-7,10,15,21H,8-9,11-12H2,(H,20,22). The Morgan fingerprint density at radius 2 is 1.88 bits per heavy atom. The monoisotopic (exact) mass is 394 g/mol. The molecule has 0 spiro atoms. The fourth-order valence-electron chi connectivity index (χ4n) is 2.27. The van der Waals surface area contributed by atoms with Gasteiger partial charge in [-0.15, -0.1) is 11.8 Å². The zero-order chi connectivity index (χ0) is 18.6. The summed E-state index contributed by atoms with van der Waals surface area (Å²) >= 11 is 1.40. The second-order valence-electron chi connectivity index (χ2n) is 6.09. The van der Waals surface area contributed by atoms with E-state index in [1.165, 1.54) is 36.0 Å². The van der Waals surface area contributed by atoms with Crippen molar-refractivity contribution in [1.29, 1.82) is 0 Å². The van der Waals surface area contributed by atoms with Crippen LogP contribution in [0.3, 0.4) is 0 Å². The van der Waals surface area contributed by atoms with Crippen LogP contribution in [-0.2, 0) is 20.6 Å². The highest BCUT2D eigenvalue weighted by Gasteiger charge is 2.28. The minimum Gasteiger partial charge on any atom is -0.325 e. The van der Waals surface area contributed by atoms with E-state index in [4.69, 9.17) is 0 Å². The number of hydrogen-bond donors (Lipinski definition) is 2. The van der Waals surface area contributed by atoms with Gasteiger partial charge in [-0.1, -0.05) is 18.2 Å². The summed E-state index contributed by atoms with van der Waals surface area (Å²) in [6.45, 7) is 0. The maximum Gasteiger partial charge on any atom is 0.240 e. The van der Waals surface area contributed by atoms with Crippen molar-refractivity contribution in [2.24, 2.45) is 0 Å². The molecule has 0 aromatic heterocycles. The molecule has 1 aliphatic rings. The van der Waals surface area contributed by atoms with E-state index in [0.29, 0.717) is 11.4 Å². The van der Waals surface area contributed by atoms with Gasteiger partial charge < -0.3 is 5.32 Å². The smallest absolute Gasteiger partial charge is 0.240 e. The van der Waals surface area contributed by atoms with Crippen LogP contribution in [-0.4, -0.2) is 26.1 Å². The van der Waals surface area contributed by atoms with E-state index in [9.17, 15) is 17.6 Å². The predicted molar refractivity (Wildman–Crippen MR) is 101 cm³/mol. The van der Waals surface area contributed by atoms with Crippen molar-refractivity contribution in [3.63, 3.8) is 0 Å². The van der Waals surface area contributed by atoms with E-state index in [0.717, 1.165) is 18.4 Å². The second-order valence-corrected chi connectivity index (χ2v) is 8.79. The molecule has 3 rings (SSSR count). The van der Waals surface area contributed by atoms with Crippen LogP contribution in [0.5, 0.6) is 0 Å². The largest absolute Gasteiger partial charge is 0.325 e. The van der Waals surface area contributed by atoms with Crippen molar-refractivity contribution in [3.8, 4) is 0 Å². The van der Waals surface area contributed by atoms with Crippen molar-refractivity contribution in [2.45, 2.75) is 29.5 Å². The van der Waals surface area contributed by atoms with Crippen LogP contribution < -0.4 is 10.0 Å². The minimum atomic E-state index is -3.55. The molecular formula is C18H19FN2O3S2. The molecule has 138 valence electrons. The molecule has 0 atom stereocenters. The molecule has 0 radical (unpaired) electrons. The topological polar surface area (TPSA) is 75.3 Å². The second kappa shape index (κ2) is 8.20. The normalized spacial score (nSPS) is 14.2. The Morgan fingerprint density at radius 1 is 1.15 bits per heavy atom. The fourth-order valence-corrected chi connectivity index (χ4v) is 4.41. The van der Waals surface area contributed by atoms with Crippen molar-refractivity contribution in [3.05, 3.63) is 59.9 Å². The number of hydrogen-bond acceptors (Lipinski definition) is 4. The Balaban J connectivity index is 1.52. The quantitative estimate of drug-likeness (QED) is 0.721. The van der Waals surface area contributed by atoms with Crippen LogP contribution in [0.2, 0.25) is 0 Å². The molecule has 1 saturated carbocycles. The molecule has 1 amide bonds. The van der Waals surface area contributed by atoms with Gasteiger partial charge in [-0.25, -0.2) is 17.5 Å². The maximum absolute atomic E-state index is 12.9. The number of anilines is 1. The summed E-state index contributed by atoms with van der Waals surface area (Å²) in [5.74, 6) is 0.298. The summed E-state index contributed by atoms with van der Waals surface area (Å²) in [5, 5.41) is 2.71. The van der Waals surface area contributed by atoms with Crippen molar-refractivity contribution in [1.82, 2.24) is 4.72 Å². The van der Waals surface area contributed by atoms with E-state index >= 15 is 0 Å². The maximum atomic E-state index is 12.9. The lowest BCUT2D eigenvalue weighted by Crippen LogP contribution is -2.25. The van der Waals surface area contributed by atoms with Gasteiger partial charge in [0.15, 0.2) is 0 Å². The zero-order valence-electron chi connectivity index (χ0n) is 13.9. The number of nitrogens with one attached hydrogen (secondary N) is 2. The molecule has 1 fully saturated rings. The number of rotatable bonds is 8. The van der Waals surface area contributed by atoms with Crippen LogP contribution in [0.15, 0.2) is 53.4 Å². The summed E-state index contributed by atoms with van der Waals surface area (Å²) < 4.78 is 39.9. The number of sulfonamides is 1. The molecule has 0 saturated heterocycles. The average Bonchev–Trinajstić information content (AvgIpc) is 3.40. The summed E-state index contributed by atoms with van der Waals surface area (Å²) in [6, 6.07) is 12.4. The molecule has 26 heavy (non-hydrogen) atoms. The van der Waals surface area contributed by atoms with Gasteiger partial charge in [0, 0.05) is 17.5 Å². The average molecular weight is 394 g/mol. The summed E-state index contributed by atoms with van der Waals surface area (Å²) in [6.07, 6.45) is 1.72. The number of thioether (sulfide) groups is 1. The molecule has 2 N–H and O–H groups in total. The van der Waals surface area contributed by atoms with Gasteiger partial charge in [0.25, 0.3) is 0 Å². The lowest BCUT2D eigenvalue weighted by atomic mass is 10.2. The predicted octanol–water partition coefficient (Wildman–Crippen LogP) is 3.14. The molecule has 0 aliphatic heterocycles. The number of benzene rings is 2. The van der Waals surface area contributed by atoms with Crippen molar-refractivity contribution >= 4 is 33.4 Å². The molecule has 0 unspecified atom stereocenters. The molecular weight excluding hydrogens is 375 g/mol. The van der Waals surface area contributed by atoms with E-state index in [2.05, 4.69) is 10.0 Å². The highest BCUT2D eigenvalue weighted by Crippen LogP contribution is 2.23. The molecule has 8 heteroatoms. The number of halogens is 1. The van der Waals surface area contributed by atoms with E-state index in [-0.39, 0.29) is 28.4 Å². The highest BCUT2D eigenvalue weighted by molar-refractivity contribution is 7.99. The van der Waals surface area contributed by atoms with Crippen molar-refractivity contribution < 1.29 is 17.6 Å². The van der Waals surface area contributed by atoms with E-state index < -0.39 is 10.0 Å². The Kier molecular flexibility index (Phi) is 5.95. The number of carbonyl (C=O) groups is 1. The first-order valence-corrected chi connectivity index (χ1v) is 10.8. The Morgan fingerprint density at radius 3 is 2.58 bits per heavy atom. The third kappa shape index (κ3) is 5.55. The lowest BCUT2D eigenvalue weighted by molar-refractivity contribution is -0.113. The zero-order valence-corrected chi connectivity index (χ0v) is 15.6. The summed E-state index contributed by atoms with van der Waals surface area (Å²) in [5.41, 5.74) is 1.37. The van der Waals surface area contributed by atoms with Gasteiger partial charge >= 0.3 is 0 Å². The summed E-state index contributed by atoms with van der Waals surface area (Å²) in [7, 11) is -3.55. The van der Waals surface area contributed by atoms with Crippen LogP contribution in [0, 0.1) is 5.82 Å². The van der Waals surface area contributed by atoms with Crippen LogP contribution in [0.25, 0.3) is 0 Å². The Hall–Kier alpha value is -1.90. The third-order valence-electron chi connectivity index (χ3n) is 3.74. The van der Waals surface area contributed by atoms with E-state index in [1.54, 1.807) is 24.3 Å². The lowest BCUT2D eigenvalue weighted by Gasteiger charge is -2.09. The summed E-state index contributed by atoms with van der Waals surface area (Å²) in [4.78, 5) is 12.2. The Labute approximate surface area is 156 Å². The minimum absolute atomic E-state index is 0.0288. The molecule has 2 aromatic rings. The highest BCUT2D eigenvalue weighted by atomic mass is 32.2. The molecule has 0 bridgehead atoms. The van der Waals surface area contributed by atoms with Gasteiger partial charge in [0.1, 0.15) is 5.82 Å². The van der Waals surface area contributed by atoms with Crippen LogP contribution in [0.4, 0.5) is 10.1 Å². The molecule has 0 heterocycles. The van der Waals surface area contributed by atoms with Gasteiger partial charge in [-0.2, -0.15) is 0 Å². The number of amides is 1. The number of carbonyl (C=O) groups excluding carboxylic acids is 1. The molecule has 2 aromatic carbocycles. The van der Waals surface area contributed by atoms with Gasteiger partial charge in [0.05, 0.1) is 10.6 Å². The van der Waals surface area contributed by atoms with Crippen LogP contribution in [0.1, 0.15) is 18.4 Å². The third-order valence-corrected chi connectivity index (χ3v) is 6.26. The Bertz CT molecular complexity index is 882. The first-order chi connectivity index (χ1) is 12.4. The fraction of sp³-hybridized carbons (Fsp3) is 0.278. The van der Waals surface area contributed by atoms with Gasteiger partial charge in [-0.3, -0.25) is 4.79 Å². The van der Waals surface area contributed by atoms with Gasteiger partial charge in [0.2, 0.25) is 15.9 Å². The van der Waals surface area contributed by atoms with E-state index in [1.807, 2.05) is 0 Å². The van der Waals surface area contributed by atoms with Gasteiger partial charge in [-0.05, 0) is 48.7 Å². The first kappa shape index (κ1) is 18.9. The van der Waals surface area contributed by atoms with Crippen molar-refractivity contribution in [2.75, 3.05) is 11.1 Å². The molecule has 5 nitrogen and oxygen atoms in total.